The van der Waals surface area contributed by atoms with Gasteiger partial charge in [0.05, 0.1) is 10.7 Å². The minimum Gasteiger partial charge on any atom is -0.310 e. The molecule has 0 saturated carbocycles. The third-order valence-electron chi connectivity index (χ3n) is 2.86. The van der Waals surface area contributed by atoms with Crippen molar-refractivity contribution < 1.29 is 4.39 Å². The SMILES string of the molecule is CCNC(Cc1cn(C)nn1)c1ccc(F)c(Cl)c1. The van der Waals surface area contributed by atoms with Gasteiger partial charge in [0.1, 0.15) is 5.82 Å². The fraction of sp³-hybridized carbons (Fsp3) is 0.385. The molecule has 0 spiro atoms. The standard InChI is InChI=1S/C13H16ClFN4/c1-3-16-13(7-10-8-19(2)18-17-10)9-4-5-12(15)11(14)6-9/h4-6,8,13,16H,3,7H2,1-2H3. The van der Waals surface area contributed by atoms with Crippen LogP contribution in [0.25, 0.3) is 0 Å². The summed E-state index contributed by atoms with van der Waals surface area (Å²) < 4.78 is 14.9. The predicted octanol–water partition coefficient (Wildman–Crippen LogP) is 2.50. The first-order valence-electron chi connectivity index (χ1n) is 6.13. The Labute approximate surface area is 116 Å². The van der Waals surface area contributed by atoms with Crippen molar-refractivity contribution in [1.29, 1.82) is 0 Å². The molecule has 2 rings (SSSR count). The van der Waals surface area contributed by atoms with E-state index in [1.54, 1.807) is 16.8 Å². The highest BCUT2D eigenvalue weighted by atomic mass is 35.5. The molecule has 0 saturated heterocycles. The average molecular weight is 283 g/mol. The second-order valence-electron chi connectivity index (χ2n) is 4.37. The Morgan fingerprint density at radius 3 is 2.84 bits per heavy atom. The van der Waals surface area contributed by atoms with E-state index in [4.69, 9.17) is 11.6 Å². The van der Waals surface area contributed by atoms with Crippen LogP contribution in [0.4, 0.5) is 4.39 Å². The number of hydrogen-bond acceptors (Lipinski definition) is 3. The van der Waals surface area contributed by atoms with E-state index in [9.17, 15) is 4.39 Å². The molecule has 0 aliphatic carbocycles. The molecule has 1 heterocycles. The van der Waals surface area contributed by atoms with Gasteiger partial charge in [-0.15, -0.1) is 5.10 Å². The molecule has 0 fully saturated rings. The van der Waals surface area contributed by atoms with Crippen molar-refractivity contribution >= 4 is 11.6 Å². The van der Waals surface area contributed by atoms with Gasteiger partial charge in [-0.3, -0.25) is 4.68 Å². The first-order valence-corrected chi connectivity index (χ1v) is 6.51. The topological polar surface area (TPSA) is 42.7 Å². The number of aromatic nitrogens is 3. The highest BCUT2D eigenvalue weighted by Gasteiger charge is 2.14. The predicted molar refractivity (Wildman–Crippen MR) is 72.5 cm³/mol. The first-order chi connectivity index (χ1) is 9.10. The second kappa shape index (κ2) is 6.12. The lowest BCUT2D eigenvalue weighted by molar-refractivity contribution is 0.541. The Hall–Kier alpha value is -1.46. The van der Waals surface area contributed by atoms with Gasteiger partial charge in [-0.1, -0.05) is 29.8 Å². The van der Waals surface area contributed by atoms with Crippen molar-refractivity contribution in [2.24, 2.45) is 7.05 Å². The Balaban J connectivity index is 2.21. The first kappa shape index (κ1) is 14.0. The molecule has 6 heteroatoms. The van der Waals surface area contributed by atoms with Crippen molar-refractivity contribution in [2.75, 3.05) is 6.54 Å². The van der Waals surface area contributed by atoms with Crippen LogP contribution in [-0.2, 0) is 13.5 Å². The van der Waals surface area contributed by atoms with Crippen LogP contribution in [0, 0.1) is 5.82 Å². The van der Waals surface area contributed by atoms with Crippen molar-refractivity contribution in [3.8, 4) is 0 Å². The summed E-state index contributed by atoms with van der Waals surface area (Å²) in [6.45, 7) is 2.83. The normalized spacial score (nSPS) is 12.6. The molecule has 1 atom stereocenters. The zero-order valence-electron chi connectivity index (χ0n) is 10.9. The van der Waals surface area contributed by atoms with Crippen molar-refractivity contribution in [3.63, 3.8) is 0 Å². The Kier molecular flexibility index (Phi) is 4.50. The molecule has 2 aromatic rings. The summed E-state index contributed by atoms with van der Waals surface area (Å²) in [5.74, 6) is -0.403. The molecule has 1 aromatic heterocycles. The van der Waals surface area contributed by atoms with Gasteiger partial charge in [0.2, 0.25) is 0 Å². The van der Waals surface area contributed by atoms with Crippen LogP contribution in [0.5, 0.6) is 0 Å². The smallest absolute Gasteiger partial charge is 0.141 e. The number of rotatable bonds is 5. The van der Waals surface area contributed by atoms with Crippen LogP contribution in [0.2, 0.25) is 5.02 Å². The van der Waals surface area contributed by atoms with Gasteiger partial charge in [-0.05, 0) is 24.2 Å². The van der Waals surface area contributed by atoms with E-state index in [0.29, 0.717) is 6.42 Å². The quantitative estimate of drug-likeness (QED) is 0.916. The van der Waals surface area contributed by atoms with Gasteiger partial charge in [0.15, 0.2) is 0 Å². The van der Waals surface area contributed by atoms with E-state index in [0.717, 1.165) is 17.8 Å². The summed E-state index contributed by atoms with van der Waals surface area (Å²) in [6, 6.07) is 4.82. The zero-order valence-corrected chi connectivity index (χ0v) is 11.7. The number of benzene rings is 1. The molecular formula is C13H16ClFN4. The molecular weight excluding hydrogens is 267 g/mol. The monoisotopic (exact) mass is 282 g/mol. The molecule has 1 aromatic carbocycles. The second-order valence-corrected chi connectivity index (χ2v) is 4.78. The molecule has 0 radical (unpaired) electrons. The summed E-state index contributed by atoms with van der Waals surface area (Å²) in [6.07, 6.45) is 2.55. The molecule has 0 aliphatic rings. The maximum absolute atomic E-state index is 13.2. The Morgan fingerprint density at radius 1 is 1.47 bits per heavy atom. The third kappa shape index (κ3) is 3.52. The van der Waals surface area contributed by atoms with E-state index in [1.165, 1.54) is 6.07 Å². The van der Waals surface area contributed by atoms with Gasteiger partial charge in [-0.25, -0.2) is 4.39 Å². The fourth-order valence-electron chi connectivity index (χ4n) is 1.98. The Bertz CT molecular complexity index is 555. The Morgan fingerprint density at radius 2 is 2.26 bits per heavy atom. The van der Waals surface area contributed by atoms with Gasteiger partial charge in [0.25, 0.3) is 0 Å². The van der Waals surface area contributed by atoms with E-state index >= 15 is 0 Å². The van der Waals surface area contributed by atoms with Crippen LogP contribution >= 0.6 is 11.6 Å². The number of nitrogens with zero attached hydrogens (tertiary/aromatic N) is 3. The largest absolute Gasteiger partial charge is 0.310 e. The molecule has 0 bridgehead atoms. The molecule has 0 amide bonds. The van der Waals surface area contributed by atoms with E-state index in [2.05, 4.69) is 15.6 Å². The molecule has 0 aliphatic heterocycles. The molecule has 4 nitrogen and oxygen atoms in total. The van der Waals surface area contributed by atoms with E-state index in [-0.39, 0.29) is 11.1 Å². The molecule has 102 valence electrons. The number of halogens is 2. The lowest BCUT2D eigenvalue weighted by Gasteiger charge is -2.17. The molecule has 19 heavy (non-hydrogen) atoms. The summed E-state index contributed by atoms with van der Waals surface area (Å²) in [4.78, 5) is 0. The zero-order chi connectivity index (χ0) is 13.8. The maximum atomic E-state index is 13.2. The minimum atomic E-state index is -0.403. The van der Waals surface area contributed by atoms with Crippen LogP contribution < -0.4 is 5.32 Å². The van der Waals surface area contributed by atoms with Crippen molar-refractivity contribution in [3.05, 3.63) is 46.5 Å². The highest BCUT2D eigenvalue weighted by molar-refractivity contribution is 6.30. The highest BCUT2D eigenvalue weighted by Crippen LogP contribution is 2.23. The van der Waals surface area contributed by atoms with Crippen molar-refractivity contribution in [1.82, 2.24) is 20.3 Å². The summed E-state index contributed by atoms with van der Waals surface area (Å²) in [5, 5.41) is 11.5. The lowest BCUT2D eigenvalue weighted by Crippen LogP contribution is -2.23. The van der Waals surface area contributed by atoms with E-state index < -0.39 is 5.82 Å². The average Bonchev–Trinajstić information content (AvgIpc) is 2.78. The summed E-state index contributed by atoms with van der Waals surface area (Å²) >= 11 is 5.83. The minimum absolute atomic E-state index is 0.0415. The molecule has 1 N–H and O–H groups in total. The summed E-state index contributed by atoms with van der Waals surface area (Å²) in [5.41, 5.74) is 1.83. The van der Waals surface area contributed by atoms with Crippen LogP contribution in [0.1, 0.15) is 24.2 Å². The van der Waals surface area contributed by atoms with Crippen molar-refractivity contribution in [2.45, 2.75) is 19.4 Å². The third-order valence-corrected chi connectivity index (χ3v) is 3.15. The number of aryl methyl sites for hydroxylation is 1. The number of likely N-dealkylation sites (N-methyl/N-ethyl adjacent to an activating group) is 1. The van der Waals surface area contributed by atoms with Crippen LogP contribution in [0.3, 0.4) is 0 Å². The summed E-state index contributed by atoms with van der Waals surface area (Å²) in [7, 11) is 1.83. The van der Waals surface area contributed by atoms with Gasteiger partial charge in [-0.2, -0.15) is 0 Å². The van der Waals surface area contributed by atoms with Gasteiger partial charge in [0, 0.05) is 25.7 Å². The van der Waals surface area contributed by atoms with Crippen LogP contribution in [0.15, 0.2) is 24.4 Å². The lowest BCUT2D eigenvalue weighted by atomic mass is 10.0. The molecule has 1 unspecified atom stereocenters. The van der Waals surface area contributed by atoms with Gasteiger partial charge < -0.3 is 5.32 Å². The number of hydrogen-bond donors (Lipinski definition) is 1. The fourth-order valence-corrected chi connectivity index (χ4v) is 2.17. The van der Waals surface area contributed by atoms with Crippen LogP contribution in [-0.4, -0.2) is 21.5 Å². The number of nitrogens with one attached hydrogen (secondary N) is 1. The van der Waals surface area contributed by atoms with E-state index in [1.807, 2.05) is 20.2 Å². The maximum Gasteiger partial charge on any atom is 0.141 e. The van der Waals surface area contributed by atoms with Gasteiger partial charge >= 0.3 is 0 Å².